The van der Waals surface area contributed by atoms with Crippen LogP contribution in [0.3, 0.4) is 0 Å². The van der Waals surface area contributed by atoms with Crippen LogP contribution in [0.2, 0.25) is 0 Å². The zero-order valence-corrected chi connectivity index (χ0v) is 20.4. The topological polar surface area (TPSA) is 151 Å². The van der Waals surface area contributed by atoms with Crippen molar-refractivity contribution in [2.75, 3.05) is 0 Å². The van der Waals surface area contributed by atoms with E-state index in [1.807, 2.05) is 0 Å². The Kier molecular flexibility index (Phi) is 9.51. The summed E-state index contributed by atoms with van der Waals surface area (Å²) in [5.74, 6) is -2.62. The maximum Gasteiger partial charge on any atom is 0.408 e. The Bertz CT molecular complexity index is 975. The second kappa shape index (κ2) is 12.1. The molecule has 1 saturated carbocycles. The first-order valence-electron chi connectivity index (χ1n) is 11.6. The highest BCUT2D eigenvalue weighted by Crippen LogP contribution is 2.30. The molecule has 0 bridgehead atoms. The van der Waals surface area contributed by atoms with E-state index in [-0.39, 0.29) is 17.4 Å². The normalized spacial score (nSPS) is 15.7. The van der Waals surface area contributed by atoms with Crippen molar-refractivity contribution >= 4 is 23.8 Å². The van der Waals surface area contributed by atoms with Crippen molar-refractivity contribution in [2.45, 2.75) is 83.0 Å². The summed E-state index contributed by atoms with van der Waals surface area (Å²) in [6.07, 6.45) is 8.71. The second-order valence-electron chi connectivity index (χ2n) is 9.51. The third-order valence-corrected chi connectivity index (χ3v) is 5.46. The standard InChI is InChI=1S/C25H34N4O6/c1-5-29(23(33)18(15-20(26)31)28-24(34)35-25(2,3)4)21(17-13-9-10-14-19(17)30)22(32)27-16-11-7-6-8-12-16/h1,9-10,13-14,16,18,21,30H,6-8,11-12,15H2,2-4H3,(H2,26,31)(H,27,32)(H,28,34). The molecule has 0 radical (unpaired) electrons. The second-order valence-corrected chi connectivity index (χ2v) is 9.51. The molecule has 1 fully saturated rings. The van der Waals surface area contributed by atoms with Gasteiger partial charge in [-0.2, -0.15) is 0 Å². The van der Waals surface area contributed by atoms with Gasteiger partial charge in [0.05, 0.1) is 6.42 Å². The van der Waals surface area contributed by atoms with Gasteiger partial charge in [0.25, 0.3) is 5.91 Å². The Hall–Kier alpha value is -3.74. The zero-order valence-electron chi connectivity index (χ0n) is 20.4. The largest absolute Gasteiger partial charge is 0.508 e. The number of primary amides is 1. The van der Waals surface area contributed by atoms with Crippen LogP contribution in [0.25, 0.3) is 0 Å². The molecule has 0 saturated heterocycles. The molecule has 1 aliphatic rings. The summed E-state index contributed by atoms with van der Waals surface area (Å²) in [5, 5.41) is 15.7. The molecule has 0 spiro atoms. The van der Waals surface area contributed by atoms with Crippen LogP contribution >= 0.6 is 0 Å². The molecule has 1 aromatic carbocycles. The third-order valence-electron chi connectivity index (χ3n) is 5.46. The minimum absolute atomic E-state index is 0.0966. The monoisotopic (exact) mass is 486 g/mol. The number of phenolic OH excluding ortho intramolecular Hbond substituents is 1. The average Bonchev–Trinajstić information content (AvgIpc) is 2.76. The zero-order chi connectivity index (χ0) is 26.2. The van der Waals surface area contributed by atoms with Gasteiger partial charge in [0.15, 0.2) is 6.04 Å². The molecule has 2 unspecified atom stereocenters. The number of para-hydroxylation sites is 1. The van der Waals surface area contributed by atoms with Gasteiger partial charge in [0, 0.05) is 17.6 Å². The Morgan fingerprint density at radius 1 is 1.20 bits per heavy atom. The number of ether oxygens (including phenoxy) is 1. The minimum atomic E-state index is -1.49. The van der Waals surface area contributed by atoms with E-state index in [0.717, 1.165) is 37.0 Å². The number of phenols is 1. The highest BCUT2D eigenvalue weighted by Gasteiger charge is 2.38. The average molecular weight is 487 g/mol. The summed E-state index contributed by atoms with van der Waals surface area (Å²) in [4.78, 5) is 51.6. The van der Waals surface area contributed by atoms with Crippen LogP contribution in [0, 0.1) is 12.5 Å². The first kappa shape index (κ1) is 27.5. The van der Waals surface area contributed by atoms with Crippen LogP contribution in [-0.4, -0.2) is 51.5 Å². The Morgan fingerprint density at radius 2 is 1.83 bits per heavy atom. The lowest BCUT2D eigenvalue weighted by molar-refractivity contribution is -0.139. The van der Waals surface area contributed by atoms with Crippen molar-refractivity contribution in [2.24, 2.45) is 5.73 Å². The number of nitrogens with one attached hydrogen (secondary N) is 2. The van der Waals surface area contributed by atoms with Crippen LogP contribution in [-0.2, 0) is 19.1 Å². The molecule has 35 heavy (non-hydrogen) atoms. The number of amides is 4. The van der Waals surface area contributed by atoms with Crippen molar-refractivity contribution in [3.8, 4) is 18.2 Å². The van der Waals surface area contributed by atoms with Gasteiger partial charge in [-0.25, -0.2) is 4.79 Å². The van der Waals surface area contributed by atoms with Crippen molar-refractivity contribution < 1.29 is 29.0 Å². The maximum absolute atomic E-state index is 13.5. The number of carbonyl (C=O) groups is 4. The van der Waals surface area contributed by atoms with Gasteiger partial charge < -0.3 is 26.2 Å². The fourth-order valence-electron chi connectivity index (χ4n) is 3.93. The molecule has 2 atom stereocenters. The summed E-state index contributed by atoms with van der Waals surface area (Å²) < 4.78 is 5.18. The molecule has 0 aromatic heterocycles. The van der Waals surface area contributed by atoms with E-state index in [2.05, 4.69) is 16.7 Å². The van der Waals surface area contributed by atoms with E-state index in [1.165, 1.54) is 12.1 Å². The van der Waals surface area contributed by atoms with Gasteiger partial charge in [0.1, 0.15) is 17.4 Å². The van der Waals surface area contributed by atoms with Gasteiger partial charge in [-0.1, -0.05) is 43.9 Å². The number of carbonyl (C=O) groups excluding carboxylic acids is 4. The Labute approximate surface area is 205 Å². The smallest absolute Gasteiger partial charge is 0.408 e. The summed E-state index contributed by atoms with van der Waals surface area (Å²) in [7, 11) is 0. The number of terminal acetylenes is 1. The Morgan fingerprint density at radius 3 is 2.37 bits per heavy atom. The number of alkyl carbamates (subject to hydrolysis) is 1. The summed E-state index contributed by atoms with van der Waals surface area (Å²) in [6, 6.07) is 5.19. The van der Waals surface area contributed by atoms with Gasteiger partial charge in [-0.15, -0.1) is 0 Å². The predicted octanol–water partition coefficient (Wildman–Crippen LogP) is 2.07. The third kappa shape index (κ3) is 8.21. The van der Waals surface area contributed by atoms with Gasteiger partial charge in [0.2, 0.25) is 11.8 Å². The van der Waals surface area contributed by atoms with Crippen LogP contribution in [0.5, 0.6) is 5.75 Å². The summed E-state index contributed by atoms with van der Waals surface area (Å²) >= 11 is 0. The first-order chi connectivity index (χ1) is 16.4. The number of rotatable bonds is 8. The molecule has 4 amide bonds. The summed E-state index contributed by atoms with van der Waals surface area (Å²) in [5.41, 5.74) is 4.53. The van der Waals surface area contributed by atoms with Crippen molar-refractivity contribution in [3.05, 3.63) is 29.8 Å². The van der Waals surface area contributed by atoms with E-state index in [9.17, 15) is 24.3 Å². The van der Waals surface area contributed by atoms with Gasteiger partial charge >= 0.3 is 6.09 Å². The molecule has 2 rings (SSSR count). The van der Waals surface area contributed by atoms with Gasteiger partial charge in [-0.05, 0) is 39.7 Å². The van der Waals surface area contributed by atoms with E-state index < -0.39 is 47.9 Å². The lowest BCUT2D eigenvalue weighted by atomic mass is 9.94. The number of aromatic hydroxyl groups is 1. The lowest BCUT2D eigenvalue weighted by Crippen LogP contribution is -2.53. The summed E-state index contributed by atoms with van der Waals surface area (Å²) in [6.45, 7) is 4.90. The van der Waals surface area contributed by atoms with E-state index in [1.54, 1.807) is 32.9 Å². The van der Waals surface area contributed by atoms with E-state index in [4.69, 9.17) is 16.9 Å². The number of benzene rings is 1. The van der Waals surface area contributed by atoms with Crippen LogP contribution in [0.15, 0.2) is 24.3 Å². The molecular formula is C25H34N4O6. The van der Waals surface area contributed by atoms with E-state index >= 15 is 0 Å². The van der Waals surface area contributed by atoms with Crippen molar-refractivity contribution in [1.82, 2.24) is 15.5 Å². The van der Waals surface area contributed by atoms with Crippen molar-refractivity contribution in [3.63, 3.8) is 0 Å². The molecule has 0 heterocycles. The lowest BCUT2D eigenvalue weighted by Gasteiger charge is -2.32. The first-order valence-corrected chi connectivity index (χ1v) is 11.6. The fourth-order valence-corrected chi connectivity index (χ4v) is 3.93. The van der Waals surface area contributed by atoms with Crippen LogP contribution in [0.4, 0.5) is 4.79 Å². The number of hydrogen-bond acceptors (Lipinski definition) is 6. The molecular weight excluding hydrogens is 452 g/mol. The Balaban J connectivity index is 2.40. The molecule has 190 valence electrons. The maximum atomic E-state index is 13.5. The predicted molar refractivity (Wildman–Crippen MR) is 129 cm³/mol. The number of nitrogens with zero attached hydrogens (tertiary/aromatic N) is 1. The molecule has 5 N–H and O–H groups in total. The molecule has 0 aliphatic heterocycles. The SMILES string of the molecule is C#CN(C(=O)C(CC(N)=O)NC(=O)OC(C)(C)C)C(C(=O)NC1CCCCC1)c1ccccc1O. The molecule has 1 aromatic rings. The quantitative estimate of drug-likeness (QED) is 0.326. The van der Waals surface area contributed by atoms with Gasteiger partial charge in [-0.3, -0.25) is 19.3 Å². The van der Waals surface area contributed by atoms with Crippen LogP contribution < -0.4 is 16.4 Å². The number of hydrogen-bond donors (Lipinski definition) is 4. The van der Waals surface area contributed by atoms with Crippen molar-refractivity contribution in [1.29, 1.82) is 0 Å². The van der Waals surface area contributed by atoms with E-state index in [0.29, 0.717) is 0 Å². The molecule has 1 aliphatic carbocycles. The highest BCUT2D eigenvalue weighted by molar-refractivity contribution is 5.95. The fraction of sp³-hybridized carbons (Fsp3) is 0.520. The number of nitrogens with two attached hydrogens (primary N) is 1. The molecule has 10 nitrogen and oxygen atoms in total. The van der Waals surface area contributed by atoms with Crippen LogP contribution in [0.1, 0.15) is 70.9 Å². The molecule has 10 heteroatoms. The minimum Gasteiger partial charge on any atom is -0.508 e. The highest BCUT2D eigenvalue weighted by atomic mass is 16.6.